The van der Waals surface area contributed by atoms with Crippen molar-refractivity contribution in [3.63, 3.8) is 0 Å². The molecule has 1 aliphatic heterocycles. The van der Waals surface area contributed by atoms with E-state index in [1.807, 2.05) is 0 Å². The third kappa shape index (κ3) is 6.83. The fourth-order valence-electron chi connectivity index (χ4n) is 2.70. The van der Waals surface area contributed by atoms with Gasteiger partial charge in [-0.05, 0) is 55.6 Å². The zero-order valence-electron chi connectivity index (χ0n) is 13.7. The highest BCUT2D eigenvalue weighted by Gasteiger charge is 2.17. The molecule has 0 bridgehead atoms. The first-order valence-corrected chi connectivity index (χ1v) is 9.01. The van der Waals surface area contributed by atoms with Gasteiger partial charge < -0.3 is 10.6 Å². The summed E-state index contributed by atoms with van der Waals surface area (Å²) < 4.78 is 0. The number of thiophene rings is 1. The van der Waals surface area contributed by atoms with E-state index in [2.05, 4.69) is 51.2 Å². The Bertz CT molecular complexity index is 422. The number of hydrogen-bond acceptors (Lipinski definition) is 3. The van der Waals surface area contributed by atoms with Crippen LogP contribution in [0.25, 0.3) is 0 Å². The van der Waals surface area contributed by atoms with E-state index in [1.165, 1.54) is 31.4 Å². The van der Waals surface area contributed by atoms with Gasteiger partial charge in [-0.15, -0.1) is 24.0 Å². The highest BCUT2D eigenvalue weighted by atomic mass is 127. The monoisotopic (exact) mass is 436 g/mol. The van der Waals surface area contributed by atoms with Gasteiger partial charge in [-0.2, -0.15) is 11.3 Å². The molecule has 2 heterocycles. The van der Waals surface area contributed by atoms with E-state index in [4.69, 9.17) is 0 Å². The quantitative estimate of drug-likeness (QED) is 0.409. The molecule has 126 valence electrons. The van der Waals surface area contributed by atoms with Crippen molar-refractivity contribution in [3.05, 3.63) is 22.4 Å². The van der Waals surface area contributed by atoms with E-state index in [1.54, 1.807) is 11.3 Å². The van der Waals surface area contributed by atoms with Crippen molar-refractivity contribution in [1.29, 1.82) is 0 Å². The Balaban J connectivity index is 0.00000242. The highest BCUT2D eigenvalue weighted by Crippen LogP contribution is 2.15. The number of aliphatic imine (C=N–C) groups is 1. The van der Waals surface area contributed by atoms with Crippen molar-refractivity contribution in [2.75, 3.05) is 26.2 Å². The lowest BCUT2D eigenvalue weighted by Gasteiger charge is -2.33. The van der Waals surface area contributed by atoms with Crippen LogP contribution in [-0.4, -0.2) is 43.1 Å². The molecule has 6 heteroatoms. The van der Waals surface area contributed by atoms with Crippen LogP contribution in [0.5, 0.6) is 0 Å². The summed E-state index contributed by atoms with van der Waals surface area (Å²) in [5.41, 5.74) is 1.28. The molecule has 1 saturated heterocycles. The van der Waals surface area contributed by atoms with E-state index in [0.717, 1.165) is 38.2 Å². The molecule has 2 N–H and O–H groups in total. The summed E-state index contributed by atoms with van der Waals surface area (Å²) >= 11 is 1.72. The summed E-state index contributed by atoms with van der Waals surface area (Å²) in [6.07, 6.45) is 4.07. The Kier molecular flexibility index (Phi) is 10.1. The standard InChI is InChI=1S/C16H28N4S.HI/c1-3-17-16(19-12-15-7-11-21-13-15)18-8-10-20-9-5-4-6-14(20)2;/h7,11,13-14H,3-6,8-10,12H2,1-2H3,(H2,17,18,19);1H. The first kappa shape index (κ1) is 19.7. The zero-order valence-corrected chi connectivity index (χ0v) is 16.8. The van der Waals surface area contributed by atoms with Gasteiger partial charge in [0.2, 0.25) is 0 Å². The number of likely N-dealkylation sites (tertiary alicyclic amines) is 1. The van der Waals surface area contributed by atoms with Crippen LogP contribution in [0.15, 0.2) is 21.8 Å². The van der Waals surface area contributed by atoms with Crippen LogP contribution < -0.4 is 10.6 Å². The summed E-state index contributed by atoms with van der Waals surface area (Å²) in [6, 6.07) is 2.86. The minimum atomic E-state index is 0. The SMILES string of the molecule is CCNC(=NCc1ccsc1)NCCN1CCCCC1C.I. The summed E-state index contributed by atoms with van der Waals surface area (Å²) in [5, 5.41) is 11.0. The van der Waals surface area contributed by atoms with E-state index in [9.17, 15) is 0 Å². The first-order chi connectivity index (χ1) is 10.3. The van der Waals surface area contributed by atoms with Crippen LogP contribution in [0.4, 0.5) is 0 Å². The van der Waals surface area contributed by atoms with E-state index < -0.39 is 0 Å². The van der Waals surface area contributed by atoms with Gasteiger partial charge in [-0.25, -0.2) is 4.99 Å². The second-order valence-electron chi connectivity index (χ2n) is 5.63. The molecule has 4 nitrogen and oxygen atoms in total. The molecule has 1 atom stereocenters. The number of nitrogens with zero attached hydrogens (tertiary/aromatic N) is 2. The predicted octanol–water partition coefficient (Wildman–Crippen LogP) is 3.30. The second-order valence-corrected chi connectivity index (χ2v) is 6.41. The molecule has 0 aromatic carbocycles. The van der Waals surface area contributed by atoms with Gasteiger partial charge in [-0.3, -0.25) is 4.90 Å². The third-order valence-electron chi connectivity index (χ3n) is 3.98. The predicted molar refractivity (Wildman–Crippen MR) is 107 cm³/mol. The molecule has 0 saturated carbocycles. The second kappa shape index (κ2) is 11.2. The zero-order chi connectivity index (χ0) is 14.9. The fourth-order valence-corrected chi connectivity index (χ4v) is 3.36. The molecular weight excluding hydrogens is 407 g/mol. The molecular formula is C16H29IN4S. The van der Waals surface area contributed by atoms with Crippen LogP contribution in [0.2, 0.25) is 0 Å². The van der Waals surface area contributed by atoms with E-state index in [0.29, 0.717) is 0 Å². The Labute approximate surface area is 155 Å². The topological polar surface area (TPSA) is 39.7 Å². The largest absolute Gasteiger partial charge is 0.357 e. The first-order valence-electron chi connectivity index (χ1n) is 8.07. The van der Waals surface area contributed by atoms with Crippen LogP contribution in [0.3, 0.4) is 0 Å². The fraction of sp³-hybridized carbons (Fsp3) is 0.688. The van der Waals surface area contributed by atoms with Gasteiger partial charge in [0.15, 0.2) is 5.96 Å². The summed E-state index contributed by atoms with van der Waals surface area (Å²) in [5.74, 6) is 0.924. The lowest BCUT2D eigenvalue weighted by molar-refractivity contribution is 0.163. The molecule has 0 aliphatic carbocycles. The lowest BCUT2D eigenvalue weighted by Crippen LogP contribution is -2.45. The highest BCUT2D eigenvalue weighted by molar-refractivity contribution is 14.0. The molecule has 0 spiro atoms. The van der Waals surface area contributed by atoms with E-state index >= 15 is 0 Å². The van der Waals surface area contributed by atoms with Crippen LogP contribution in [-0.2, 0) is 6.54 Å². The number of guanidine groups is 1. The Morgan fingerprint density at radius 3 is 2.95 bits per heavy atom. The summed E-state index contributed by atoms with van der Waals surface area (Å²) in [6.45, 7) is 9.40. The lowest BCUT2D eigenvalue weighted by atomic mass is 10.0. The number of halogens is 1. The van der Waals surface area contributed by atoms with Gasteiger partial charge in [0.1, 0.15) is 0 Å². The van der Waals surface area contributed by atoms with Gasteiger partial charge >= 0.3 is 0 Å². The Morgan fingerprint density at radius 1 is 1.41 bits per heavy atom. The molecule has 22 heavy (non-hydrogen) atoms. The maximum atomic E-state index is 4.64. The Hall–Kier alpha value is -0.340. The molecule has 1 aromatic rings. The molecule has 2 rings (SSSR count). The van der Waals surface area contributed by atoms with Crippen molar-refractivity contribution >= 4 is 41.3 Å². The number of nitrogens with one attached hydrogen (secondary N) is 2. The molecule has 1 aromatic heterocycles. The normalized spacial score (nSPS) is 19.5. The third-order valence-corrected chi connectivity index (χ3v) is 4.71. The molecule has 0 amide bonds. The van der Waals surface area contributed by atoms with Crippen molar-refractivity contribution in [2.24, 2.45) is 4.99 Å². The van der Waals surface area contributed by atoms with Crippen molar-refractivity contribution in [3.8, 4) is 0 Å². The molecule has 1 aliphatic rings. The summed E-state index contributed by atoms with van der Waals surface area (Å²) in [4.78, 5) is 7.22. The van der Waals surface area contributed by atoms with Gasteiger partial charge in [-0.1, -0.05) is 6.42 Å². The number of piperidine rings is 1. The van der Waals surface area contributed by atoms with Crippen molar-refractivity contribution in [1.82, 2.24) is 15.5 Å². The molecule has 1 unspecified atom stereocenters. The minimum absolute atomic E-state index is 0. The van der Waals surface area contributed by atoms with E-state index in [-0.39, 0.29) is 24.0 Å². The molecule has 1 fully saturated rings. The smallest absolute Gasteiger partial charge is 0.191 e. The maximum Gasteiger partial charge on any atom is 0.191 e. The minimum Gasteiger partial charge on any atom is -0.357 e. The summed E-state index contributed by atoms with van der Waals surface area (Å²) in [7, 11) is 0. The Morgan fingerprint density at radius 2 is 2.27 bits per heavy atom. The number of hydrogen-bond donors (Lipinski definition) is 2. The average Bonchev–Trinajstić information content (AvgIpc) is 3.00. The number of rotatable bonds is 6. The van der Waals surface area contributed by atoms with Crippen LogP contribution in [0.1, 0.15) is 38.7 Å². The van der Waals surface area contributed by atoms with Gasteiger partial charge in [0, 0.05) is 25.7 Å². The van der Waals surface area contributed by atoms with Crippen molar-refractivity contribution in [2.45, 2.75) is 45.7 Å². The van der Waals surface area contributed by atoms with Gasteiger partial charge in [0.05, 0.1) is 6.54 Å². The van der Waals surface area contributed by atoms with Gasteiger partial charge in [0.25, 0.3) is 0 Å². The average molecular weight is 436 g/mol. The van der Waals surface area contributed by atoms with Crippen molar-refractivity contribution < 1.29 is 0 Å². The van der Waals surface area contributed by atoms with Crippen LogP contribution >= 0.6 is 35.3 Å². The molecule has 0 radical (unpaired) electrons. The van der Waals surface area contributed by atoms with Crippen LogP contribution in [0, 0.1) is 0 Å². The maximum absolute atomic E-state index is 4.64.